The Morgan fingerprint density at radius 1 is 1.41 bits per heavy atom. The lowest BCUT2D eigenvalue weighted by atomic mass is 9.95. The quantitative estimate of drug-likeness (QED) is 0.811. The van der Waals surface area contributed by atoms with Crippen molar-refractivity contribution in [3.63, 3.8) is 0 Å². The number of hydrogen-bond acceptors (Lipinski definition) is 3. The van der Waals surface area contributed by atoms with Crippen molar-refractivity contribution in [3.05, 3.63) is 35.4 Å². The zero-order chi connectivity index (χ0) is 16.8. The molecule has 4 nitrogen and oxygen atoms in total. The van der Waals surface area contributed by atoms with Crippen molar-refractivity contribution in [3.8, 4) is 0 Å². The molecule has 0 aromatic heterocycles. The van der Waals surface area contributed by atoms with Crippen LogP contribution in [-0.4, -0.2) is 37.4 Å². The molecule has 0 fully saturated rings. The molecule has 0 saturated heterocycles. The minimum absolute atomic E-state index is 0.0427. The first-order valence-corrected chi connectivity index (χ1v) is 6.85. The highest BCUT2D eigenvalue weighted by Crippen LogP contribution is 2.31. The minimum atomic E-state index is -4.40. The summed E-state index contributed by atoms with van der Waals surface area (Å²) in [5.74, 6) is -0.693. The van der Waals surface area contributed by atoms with Crippen LogP contribution in [0.5, 0.6) is 0 Å². The molecular formula is C15H20F3NO3. The molecular weight excluding hydrogens is 299 g/mol. The van der Waals surface area contributed by atoms with E-state index in [1.54, 1.807) is 13.0 Å². The molecule has 1 aromatic carbocycles. The maximum Gasteiger partial charge on any atom is 0.416 e. The predicted octanol–water partition coefficient (Wildman–Crippen LogP) is 2.32. The maximum absolute atomic E-state index is 12.7. The van der Waals surface area contributed by atoms with Crippen LogP contribution in [0.2, 0.25) is 0 Å². The van der Waals surface area contributed by atoms with Gasteiger partial charge in [0.25, 0.3) is 0 Å². The molecule has 22 heavy (non-hydrogen) atoms. The summed E-state index contributed by atoms with van der Waals surface area (Å²) in [5, 5.41) is 11.9. The SMILES string of the molecule is COCC(O)CNC(=O)CC(C)c1cccc(C(F)(F)F)c1. The summed E-state index contributed by atoms with van der Waals surface area (Å²) in [4.78, 5) is 11.7. The Kier molecular flexibility index (Phi) is 6.83. The molecule has 0 bridgehead atoms. The molecule has 2 atom stereocenters. The Bertz CT molecular complexity index is 491. The van der Waals surface area contributed by atoms with Gasteiger partial charge in [-0.15, -0.1) is 0 Å². The van der Waals surface area contributed by atoms with Crippen molar-refractivity contribution in [1.29, 1.82) is 0 Å². The molecule has 0 spiro atoms. The number of alkyl halides is 3. The Hall–Kier alpha value is -1.60. The third-order valence-corrected chi connectivity index (χ3v) is 3.17. The van der Waals surface area contributed by atoms with Crippen molar-refractivity contribution < 1.29 is 27.8 Å². The first-order chi connectivity index (χ1) is 10.2. The van der Waals surface area contributed by atoms with Crippen LogP contribution in [0.15, 0.2) is 24.3 Å². The van der Waals surface area contributed by atoms with Gasteiger partial charge in [-0.1, -0.05) is 25.1 Å². The topological polar surface area (TPSA) is 58.6 Å². The number of nitrogens with one attached hydrogen (secondary N) is 1. The molecule has 0 aliphatic carbocycles. The average Bonchev–Trinajstić information content (AvgIpc) is 2.44. The molecule has 2 N–H and O–H groups in total. The number of ether oxygens (including phenoxy) is 1. The number of benzene rings is 1. The van der Waals surface area contributed by atoms with Gasteiger partial charge in [0.05, 0.1) is 18.3 Å². The third-order valence-electron chi connectivity index (χ3n) is 3.17. The summed E-state index contributed by atoms with van der Waals surface area (Å²) < 4.78 is 42.7. The molecule has 0 heterocycles. The number of methoxy groups -OCH3 is 1. The number of amides is 1. The van der Waals surface area contributed by atoms with Crippen molar-refractivity contribution in [2.45, 2.75) is 31.5 Å². The highest BCUT2D eigenvalue weighted by atomic mass is 19.4. The van der Waals surface area contributed by atoms with E-state index < -0.39 is 17.8 Å². The van der Waals surface area contributed by atoms with Crippen LogP contribution in [-0.2, 0) is 15.7 Å². The van der Waals surface area contributed by atoms with Gasteiger partial charge in [0, 0.05) is 20.1 Å². The largest absolute Gasteiger partial charge is 0.416 e. The fourth-order valence-corrected chi connectivity index (χ4v) is 1.97. The monoisotopic (exact) mass is 319 g/mol. The van der Waals surface area contributed by atoms with E-state index in [9.17, 15) is 23.1 Å². The number of aliphatic hydroxyl groups is 1. The molecule has 0 aliphatic rings. The normalized spacial score (nSPS) is 14.5. The van der Waals surface area contributed by atoms with E-state index in [1.807, 2.05) is 0 Å². The lowest BCUT2D eigenvalue weighted by molar-refractivity contribution is -0.137. The Balaban J connectivity index is 2.58. The lowest BCUT2D eigenvalue weighted by Gasteiger charge is -2.15. The van der Waals surface area contributed by atoms with Crippen molar-refractivity contribution >= 4 is 5.91 Å². The van der Waals surface area contributed by atoms with Crippen LogP contribution >= 0.6 is 0 Å². The van der Waals surface area contributed by atoms with Crippen molar-refractivity contribution in [1.82, 2.24) is 5.32 Å². The summed E-state index contributed by atoms with van der Waals surface area (Å²) in [5.41, 5.74) is -0.282. The zero-order valence-electron chi connectivity index (χ0n) is 12.5. The lowest BCUT2D eigenvalue weighted by Crippen LogP contribution is -2.34. The van der Waals surface area contributed by atoms with E-state index in [0.717, 1.165) is 12.1 Å². The van der Waals surface area contributed by atoms with Crippen LogP contribution in [0.3, 0.4) is 0 Å². The van der Waals surface area contributed by atoms with Crippen LogP contribution in [0, 0.1) is 0 Å². The fraction of sp³-hybridized carbons (Fsp3) is 0.533. The molecule has 0 radical (unpaired) electrons. The number of rotatable bonds is 7. The van der Waals surface area contributed by atoms with Gasteiger partial charge in [-0.2, -0.15) is 13.2 Å². The van der Waals surface area contributed by atoms with Gasteiger partial charge in [-0.25, -0.2) is 0 Å². The van der Waals surface area contributed by atoms with Gasteiger partial charge in [0.15, 0.2) is 0 Å². The summed E-state index contributed by atoms with van der Waals surface area (Å²) >= 11 is 0. The summed E-state index contributed by atoms with van der Waals surface area (Å²) in [6.45, 7) is 1.83. The molecule has 1 aromatic rings. The van der Waals surface area contributed by atoms with Gasteiger partial charge in [0.2, 0.25) is 5.91 Å². The van der Waals surface area contributed by atoms with Crippen LogP contribution in [0.4, 0.5) is 13.2 Å². The Morgan fingerprint density at radius 3 is 2.68 bits per heavy atom. The second-order valence-electron chi connectivity index (χ2n) is 5.14. The average molecular weight is 319 g/mol. The molecule has 124 valence electrons. The van der Waals surface area contributed by atoms with Gasteiger partial charge in [-0.05, 0) is 17.5 Å². The third kappa shape index (κ3) is 6.03. The summed E-state index contributed by atoms with van der Waals surface area (Å²) in [7, 11) is 1.43. The minimum Gasteiger partial charge on any atom is -0.389 e. The molecule has 0 saturated carbocycles. The predicted molar refractivity (Wildman–Crippen MR) is 75.4 cm³/mol. The van der Waals surface area contributed by atoms with Gasteiger partial charge in [0.1, 0.15) is 0 Å². The van der Waals surface area contributed by atoms with Crippen molar-refractivity contribution in [2.24, 2.45) is 0 Å². The van der Waals surface area contributed by atoms with E-state index >= 15 is 0 Å². The van der Waals surface area contributed by atoms with E-state index in [2.05, 4.69) is 5.32 Å². The smallest absolute Gasteiger partial charge is 0.389 e. The molecule has 0 aliphatic heterocycles. The standard InChI is InChI=1S/C15H20F3NO3/c1-10(6-14(21)19-8-13(20)9-22-2)11-4-3-5-12(7-11)15(16,17)18/h3-5,7,10,13,20H,6,8-9H2,1-2H3,(H,19,21). The Morgan fingerprint density at radius 2 is 2.09 bits per heavy atom. The fourth-order valence-electron chi connectivity index (χ4n) is 1.97. The number of carbonyl (C=O) groups is 1. The van der Waals surface area contributed by atoms with Crippen LogP contribution < -0.4 is 5.32 Å². The summed E-state index contributed by atoms with van der Waals surface area (Å²) in [6, 6.07) is 4.94. The van der Waals surface area contributed by atoms with E-state index in [0.29, 0.717) is 5.56 Å². The molecule has 2 unspecified atom stereocenters. The first-order valence-electron chi connectivity index (χ1n) is 6.85. The first kappa shape index (κ1) is 18.4. The highest BCUT2D eigenvalue weighted by molar-refractivity contribution is 5.76. The van der Waals surface area contributed by atoms with Gasteiger partial charge in [-0.3, -0.25) is 4.79 Å². The van der Waals surface area contributed by atoms with Gasteiger partial charge < -0.3 is 15.2 Å². The van der Waals surface area contributed by atoms with Crippen LogP contribution in [0.25, 0.3) is 0 Å². The number of halogens is 3. The number of hydrogen-bond donors (Lipinski definition) is 2. The second-order valence-corrected chi connectivity index (χ2v) is 5.14. The van der Waals surface area contributed by atoms with E-state index in [4.69, 9.17) is 4.74 Å². The van der Waals surface area contributed by atoms with Crippen LogP contribution in [0.1, 0.15) is 30.4 Å². The van der Waals surface area contributed by atoms with E-state index in [-0.39, 0.29) is 31.4 Å². The molecule has 1 amide bonds. The molecule has 1 rings (SSSR count). The van der Waals surface area contributed by atoms with E-state index in [1.165, 1.54) is 13.2 Å². The number of carbonyl (C=O) groups excluding carboxylic acids is 1. The molecule has 7 heteroatoms. The Labute approximate surface area is 127 Å². The number of aliphatic hydroxyl groups excluding tert-OH is 1. The van der Waals surface area contributed by atoms with Gasteiger partial charge >= 0.3 is 6.18 Å². The highest BCUT2D eigenvalue weighted by Gasteiger charge is 2.30. The zero-order valence-corrected chi connectivity index (χ0v) is 12.5. The second kappa shape index (κ2) is 8.14. The maximum atomic E-state index is 12.7. The van der Waals surface area contributed by atoms with Crippen molar-refractivity contribution in [2.75, 3.05) is 20.3 Å². The summed E-state index contributed by atoms with van der Waals surface area (Å²) in [6.07, 6.45) is -5.17.